The van der Waals surface area contributed by atoms with Crippen LogP contribution in [-0.4, -0.2) is 36.4 Å². The first kappa shape index (κ1) is 12.8. The third-order valence-corrected chi connectivity index (χ3v) is 4.92. The summed E-state index contributed by atoms with van der Waals surface area (Å²) in [6, 6.07) is 1.51. The number of nitrogen functional groups attached to an aromatic ring is 1. The minimum absolute atomic E-state index is 0.0310. The zero-order valence-electron chi connectivity index (χ0n) is 10.0. The van der Waals surface area contributed by atoms with Gasteiger partial charge in [-0.3, -0.25) is 9.78 Å². The highest BCUT2D eigenvalue weighted by molar-refractivity contribution is 7.91. The van der Waals surface area contributed by atoms with E-state index in [0.29, 0.717) is 12.0 Å². The number of nitrogens with zero attached hydrogens (tertiary/aromatic N) is 1. The molecule has 2 rings (SSSR count). The molecule has 2 heterocycles. The number of aromatic nitrogens is 1. The summed E-state index contributed by atoms with van der Waals surface area (Å²) < 4.78 is 22.9. The van der Waals surface area contributed by atoms with Gasteiger partial charge < -0.3 is 11.1 Å². The summed E-state index contributed by atoms with van der Waals surface area (Å²) in [7, 11) is -3.05. The number of anilines is 1. The maximum absolute atomic E-state index is 12.0. The van der Waals surface area contributed by atoms with E-state index in [2.05, 4.69) is 10.3 Å². The molecule has 7 heteroatoms. The fourth-order valence-corrected chi connectivity index (χ4v) is 4.16. The fourth-order valence-electron chi connectivity index (χ4n) is 2.06. The van der Waals surface area contributed by atoms with E-state index in [9.17, 15) is 13.2 Å². The first-order valence-electron chi connectivity index (χ1n) is 5.54. The summed E-state index contributed by atoms with van der Waals surface area (Å²) in [6.07, 6.45) is 3.29. The molecule has 0 aliphatic carbocycles. The van der Waals surface area contributed by atoms with Crippen molar-refractivity contribution in [3.8, 4) is 0 Å². The molecule has 0 radical (unpaired) electrons. The molecule has 98 valence electrons. The van der Waals surface area contributed by atoms with Crippen molar-refractivity contribution in [3.63, 3.8) is 0 Å². The van der Waals surface area contributed by atoms with Crippen molar-refractivity contribution >= 4 is 21.4 Å². The predicted molar refractivity (Wildman–Crippen MR) is 67.8 cm³/mol. The minimum Gasteiger partial charge on any atom is -0.397 e. The van der Waals surface area contributed by atoms with Crippen molar-refractivity contribution < 1.29 is 13.2 Å². The second-order valence-corrected chi connectivity index (χ2v) is 7.00. The van der Waals surface area contributed by atoms with Crippen molar-refractivity contribution in [2.45, 2.75) is 18.9 Å². The van der Waals surface area contributed by atoms with Crippen LogP contribution in [0.5, 0.6) is 0 Å². The fraction of sp³-hybridized carbons (Fsp3) is 0.455. The Labute approximate surface area is 106 Å². The van der Waals surface area contributed by atoms with E-state index in [0.717, 1.165) is 0 Å². The van der Waals surface area contributed by atoms with Crippen LogP contribution in [0.4, 0.5) is 5.69 Å². The molecular weight excluding hydrogens is 254 g/mol. The average molecular weight is 269 g/mol. The summed E-state index contributed by atoms with van der Waals surface area (Å²) in [5, 5.41) is 2.74. The zero-order valence-corrected chi connectivity index (χ0v) is 10.8. The second kappa shape index (κ2) is 4.24. The summed E-state index contributed by atoms with van der Waals surface area (Å²) in [5.41, 5.74) is 5.53. The number of carbonyl (C=O) groups excluding carboxylic acids is 1. The number of hydrogen-bond donors (Lipinski definition) is 2. The van der Waals surface area contributed by atoms with Gasteiger partial charge in [0, 0.05) is 6.20 Å². The van der Waals surface area contributed by atoms with E-state index in [1.165, 1.54) is 18.5 Å². The molecule has 1 aromatic rings. The number of pyridine rings is 1. The molecule has 1 aromatic heterocycles. The van der Waals surface area contributed by atoms with Crippen LogP contribution in [-0.2, 0) is 9.84 Å². The van der Waals surface area contributed by atoms with Crippen LogP contribution in [0, 0.1) is 0 Å². The lowest BCUT2D eigenvalue weighted by Crippen LogP contribution is -2.47. The molecule has 0 saturated carbocycles. The van der Waals surface area contributed by atoms with Gasteiger partial charge in [0.2, 0.25) is 0 Å². The number of hydrogen-bond acceptors (Lipinski definition) is 5. The number of carbonyl (C=O) groups is 1. The predicted octanol–water partition coefficient (Wildman–Crippen LogP) is -0.0292. The third-order valence-electron chi connectivity index (χ3n) is 3.02. The number of nitrogens with one attached hydrogen (secondary N) is 1. The molecule has 1 saturated heterocycles. The zero-order chi connectivity index (χ0) is 13.4. The molecule has 1 amide bonds. The number of amides is 1. The van der Waals surface area contributed by atoms with E-state index >= 15 is 0 Å². The Kier molecular flexibility index (Phi) is 3.02. The summed E-state index contributed by atoms with van der Waals surface area (Å²) >= 11 is 0. The SMILES string of the molecule is CC1(NC(=O)c2ccncc2N)CCS(=O)(=O)C1. The molecule has 1 aliphatic heterocycles. The van der Waals surface area contributed by atoms with Gasteiger partial charge in [0.15, 0.2) is 9.84 Å². The summed E-state index contributed by atoms with van der Waals surface area (Å²) in [4.78, 5) is 15.8. The van der Waals surface area contributed by atoms with Crippen LogP contribution < -0.4 is 11.1 Å². The van der Waals surface area contributed by atoms with Gasteiger partial charge in [-0.25, -0.2) is 8.42 Å². The van der Waals surface area contributed by atoms with Crippen LogP contribution in [0.1, 0.15) is 23.7 Å². The van der Waals surface area contributed by atoms with Gasteiger partial charge in [0.05, 0.1) is 34.5 Å². The molecule has 1 aliphatic rings. The van der Waals surface area contributed by atoms with Crippen LogP contribution in [0.25, 0.3) is 0 Å². The molecule has 0 bridgehead atoms. The minimum atomic E-state index is -3.05. The van der Waals surface area contributed by atoms with Gasteiger partial charge in [-0.15, -0.1) is 0 Å². The smallest absolute Gasteiger partial charge is 0.253 e. The van der Waals surface area contributed by atoms with Crippen molar-refractivity contribution in [2.75, 3.05) is 17.2 Å². The first-order valence-corrected chi connectivity index (χ1v) is 7.36. The quantitative estimate of drug-likeness (QED) is 0.785. The Bertz CT molecular complexity index is 585. The molecule has 1 atom stereocenters. The Balaban J connectivity index is 2.16. The van der Waals surface area contributed by atoms with E-state index in [1.807, 2.05) is 0 Å². The highest BCUT2D eigenvalue weighted by Crippen LogP contribution is 2.23. The normalized spacial score (nSPS) is 25.8. The van der Waals surface area contributed by atoms with Gasteiger partial charge in [-0.1, -0.05) is 0 Å². The van der Waals surface area contributed by atoms with Crippen molar-refractivity contribution in [2.24, 2.45) is 0 Å². The molecule has 3 N–H and O–H groups in total. The van der Waals surface area contributed by atoms with E-state index in [1.54, 1.807) is 6.92 Å². The van der Waals surface area contributed by atoms with Crippen molar-refractivity contribution in [1.29, 1.82) is 0 Å². The molecule has 6 nitrogen and oxygen atoms in total. The molecule has 0 aromatic carbocycles. The van der Waals surface area contributed by atoms with Gasteiger partial charge in [-0.05, 0) is 19.4 Å². The van der Waals surface area contributed by atoms with Gasteiger partial charge >= 0.3 is 0 Å². The molecule has 0 spiro atoms. The summed E-state index contributed by atoms with van der Waals surface area (Å²) in [5.74, 6) is -0.290. The van der Waals surface area contributed by atoms with Crippen LogP contribution >= 0.6 is 0 Å². The van der Waals surface area contributed by atoms with Gasteiger partial charge in [0.1, 0.15) is 0 Å². The van der Waals surface area contributed by atoms with Crippen LogP contribution in [0.3, 0.4) is 0 Å². The molecule has 1 fully saturated rings. The molecule has 18 heavy (non-hydrogen) atoms. The van der Waals surface area contributed by atoms with Gasteiger partial charge in [0.25, 0.3) is 5.91 Å². The standard InChI is InChI=1S/C11H15N3O3S/c1-11(3-5-18(16,17)7-11)14-10(15)8-2-4-13-6-9(8)12/h2,4,6H,3,5,7,12H2,1H3,(H,14,15). The highest BCUT2D eigenvalue weighted by atomic mass is 32.2. The number of sulfone groups is 1. The third kappa shape index (κ3) is 2.61. The lowest BCUT2D eigenvalue weighted by Gasteiger charge is -2.24. The maximum atomic E-state index is 12.0. The Morgan fingerprint density at radius 1 is 1.56 bits per heavy atom. The monoisotopic (exact) mass is 269 g/mol. The lowest BCUT2D eigenvalue weighted by molar-refractivity contribution is 0.0916. The molecule has 1 unspecified atom stereocenters. The largest absolute Gasteiger partial charge is 0.397 e. The van der Waals surface area contributed by atoms with Crippen molar-refractivity contribution in [3.05, 3.63) is 24.0 Å². The van der Waals surface area contributed by atoms with E-state index < -0.39 is 15.4 Å². The van der Waals surface area contributed by atoms with Crippen LogP contribution in [0.15, 0.2) is 18.5 Å². The summed E-state index contributed by atoms with van der Waals surface area (Å²) in [6.45, 7) is 1.73. The Morgan fingerprint density at radius 3 is 2.83 bits per heavy atom. The number of nitrogens with two attached hydrogens (primary N) is 1. The average Bonchev–Trinajstić information content (AvgIpc) is 2.53. The van der Waals surface area contributed by atoms with Crippen molar-refractivity contribution in [1.82, 2.24) is 10.3 Å². The van der Waals surface area contributed by atoms with E-state index in [-0.39, 0.29) is 23.1 Å². The number of rotatable bonds is 2. The maximum Gasteiger partial charge on any atom is 0.253 e. The van der Waals surface area contributed by atoms with E-state index in [4.69, 9.17) is 5.73 Å². The highest BCUT2D eigenvalue weighted by Gasteiger charge is 2.39. The Morgan fingerprint density at radius 2 is 2.28 bits per heavy atom. The molecular formula is C11H15N3O3S. The van der Waals surface area contributed by atoms with Crippen LogP contribution in [0.2, 0.25) is 0 Å². The Hall–Kier alpha value is -1.63. The lowest BCUT2D eigenvalue weighted by atomic mass is 10.0. The topological polar surface area (TPSA) is 102 Å². The second-order valence-electron chi connectivity index (χ2n) is 4.82. The first-order chi connectivity index (χ1) is 8.31. The van der Waals surface area contributed by atoms with Gasteiger partial charge in [-0.2, -0.15) is 0 Å².